The predicted octanol–water partition coefficient (Wildman–Crippen LogP) is 4.91. The fraction of sp³-hybridized carbons (Fsp3) is 0.200. The van der Waals surface area contributed by atoms with E-state index < -0.39 is 0 Å². The Kier molecular flexibility index (Phi) is 4.46. The van der Waals surface area contributed by atoms with Crippen molar-refractivity contribution in [3.63, 3.8) is 0 Å². The summed E-state index contributed by atoms with van der Waals surface area (Å²) < 4.78 is 3.36. The van der Waals surface area contributed by atoms with E-state index in [2.05, 4.69) is 49.4 Å². The van der Waals surface area contributed by atoms with Crippen molar-refractivity contribution in [1.29, 1.82) is 0 Å². The highest BCUT2D eigenvalue weighted by atomic mass is 79.9. The molecule has 2 heterocycles. The Morgan fingerprint density at radius 3 is 2.95 bits per heavy atom. The van der Waals surface area contributed by atoms with Crippen LogP contribution in [-0.2, 0) is 13.1 Å². The maximum atomic E-state index is 6.24. The zero-order valence-corrected chi connectivity index (χ0v) is 13.9. The van der Waals surface area contributed by atoms with E-state index in [1.54, 1.807) is 11.3 Å². The van der Waals surface area contributed by atoms with E-state index in [1.807, 2.05) is 18.3 Å². The van der Waals surface area contributed by atoms with Crippen molar-refractivity contribution in [3.05, 3.63) is 56.3 Å². The number of fused-ring (bicyclic) bond motifs is 1. The van der Waals surface area contributed by atoms with Gasteiger partial charge in [-0.2, -0.15) is 0 Å². The summed E-state index contributed by atoms with van der Waals surface area (Å²) in [5.41, 5.74) is 1.19. The van der Waals surface area contributed by atoms with Crippen LogP contribution in [0, 0.1) is 0 Å². The fourth-order valence-electron chi connectivity index (χ4n) is 2.24. The van der Waals surface area contributed by atoms with Crippen LogP contribution in [0.1, 0.15) is 4.88 Å². The molecule has 3 aromatic rings. The van der Waals surface area contributed by atoms with Crippen LogP contribution in [0.15, 0.2) is 46.4 Å². The van der Waals surface area contributed by atoms with E-state index in [0.29, 0.717) is 0 Å². The van der Waals surface area contributed by atoms with E-state index in [0.717, 1.165) is 34.5 Å². The normalized spacial score (nSPS) is 11.3. The second kappa shape index (κ2) is 6.31. The molecule has 2 nitrogen and oxygen atoms in total. The molecule has 0 saturated heterocycles. The third kappa shape index (κ3) is 3.09. The molecule has 0 fully saturated rings. The Morgan fingerprint density at radius 1 is 1.30 bits per heavy atom. The number of halogens is 2. The minimum atomic E-state index is 0.822. The fourth-order valence-corrected chi connectivity index (χ4v) is 3.94. The van der Waals surface area contributed by atoms with Gasteiger partial charge in [-0.25, -0.2) is 0 Å². The summed E-state index contributed by atoms with van der Waals surface area (Å²) in [6.45, 7) is 2.74. The van der Waals surface area contributed by atoms with Crippen molar-refractivity contribution in [1.82, 2.24) is 9.88 Å². The zero-order valence-electron chi connectivity index (χ0n) is 10.8. The zero-order chi connectivity index (χ0) is 13.9. The molecule has 0 saturated carbocycles. The quantitative estimate of drug-likeness (QED) is 0.632. The lowest BCUT2D eigenvalue weighted by Gasteiger charge is -2.06. The molecule has 0 amide bonds. The molecule has 20 heavy (non-hydrogen) atoms. The summed E-state index contributed by atoms with van der Waals surface area (Å²) in [5, 5.41) is 7.51. The van der Waals surface area contributed by atoms with E-state index >= 15 is 0 Å². The topological polar surface area (TPSA) is 17.0 Å². The van der Waals surface area contributed by atoms with Gasteiger partial charge >= 0.3 is 0 Å². The minimum absolute atomic E-state index is 0.822. The van der Waals surface area contributed by atoms with E-state index in [4.69, 9.17) is 11.6 Å². The molecule has 0 aliphatic rings. The van der Waals surface area contributed by atoms with Crippen molar-refractivity contribution < 1.29 is 0 Å². The third-order valence-electron chi connectivity index (χ3n) is 3.19. The van der Waals surface area contributed by atoms with Crippen LogP contribution in [0.5, 0.6) is 0 Å². The van der Waals surface area contributed by atoms with Gasteiger partial charge in [0.1, 0.15) is 0 Å². The second-order valence-corrected chi connectivity index (χ2v) is 6.91. The maximum absolute atomic E-state index is 6.24. The average Bonchev–Trinajstić information content (AvgIpc) is 3.00. The van der Waals surface area contributed by atoms with Crippen LogP contribution < -0.4 is 5.32 Å². The van der Waals surface area contributed by atoms with Crippen LogP contribution in [0.2, 0.25) is 5.02 Å². The molecule has 0 aliphatic heterocycles. The van der Waals surface area contributed by atoms with Crippen molar-refractivity contribution in [3.8, 4) is 0 Å². The summed E-state index contributed by atoms with van der Waals surface area (Å²) in [5.74, 6) is 0. The molecule has 1 N–H and O–H groups in total. The van der Waals surface area contributed by atoms with Gasteiger partial charge in [0.15, 0.2) is 0 Å². The van der Waals surface area contributed by atoms with Crippen LogP contribution in [-0.4, -0.2) is 11.1 Å². The first-order valence-electron chi connectivity index (χ1n) is 6.41. The first-order chi connectivity index (χ1) is 9.74. The number of hydrogen-bond donors (Lipinski definition) is 1. The van der Waals surface area contributed by atoms with Gasteiger partial charge < -0.3 is 9.88 Å². The Hall–Kier alpha value is -0.810. The molecular formula is C15H14BrClN2S. The van der Waals surface area contributed by atoms with Crippen molar-refractivity contribution >= 4 is 49.8 Å². The molecule has 3 rings (SSSR count). The van der Waals surface area contributed by atoms with Crippen molar-refractivity contribution in [2.45, 2.75) is 13.1 Å². The van der Waals surface area contributed by atoms with Gasteiger partial charge in [0.05, 0.1) is 5.02 Å². The number of nitrogens with zero attached hydrogens (tertiary/aromatic N) is 1. The molecule has 0 atom stereocenters. The van der Waals surface area contributed by atoms with Gasteiger partial charge in [0.2, 0.25) is 0 Å². The number of nitrogens with one attached hydrogen (secondary N) is 1. The molecule has 1 aromatic carbocycles. The average molecular weight is 370 g/mol. The lowest BCUT2D eigenvalue weighted by atomic mass is 10.2. The molecule has 0 unspecified atom stereocenters. The monoisotopic (exact) mass is 368 g/mol. The molecule has 0 spiro atoms. The molecule has 5 heteroatoms. The predicted molar refractivity (Wildman–Crippen MR) is 90.7 cm³/mol. The van der Waals surface area contributed by atoms with E-state index in [9.17, 15) is 0 Å². The van der Waals surface area contributed by atoms with Gasteiger partial charge in [0, 0.05) is 51.5 Å². The summed E-state index contributed by atoms with van der Waals surface area (Å²) in [4.78, 5) is 1.34. The summed E-state index contributed by atoms with van der Waals surface area (Å²) in [7, 11) is 0. The van der Waals surface area contributed by atoms with Crippen LogP contribution >= 0.6 is 38.9 Å². The van der Waals surface area contributed by atoms with Gasteiger partial charge in [-0.1, -0.05) is 29.8 Å². The lowest BCUT2D eigenvalue weighted by Crippen LogP contribution is -2.18. The number of rotatable bonds is 5. The smallest absolute Gasteiger partial charge is 0.0661 e. The first kappa shape index (κ1) is 14.1. The molecule has 104 valence electrons. The van der Waals surface area contributed by atoms with Gasteiger partial charge in [-0.15, -0.1) is 11.3 Å². The summed E-state index contributed by atoms with van der Waals surface area (Å²) in [6.07, 6.45) is 2.01. The molecule has 2 aromatic heterocycles. The van der Waals surface area contributed by atoms with Crippen LogP contribution in [0.3, 0.4) is 0 Å². The summed E-state index contributed by atoms with van der Waals surface area (Å²) >= 11 is 11.5. The number of benzene rings is 1. The highest BCUT2D eigenvalue weighted by Gasteiger charge is 2.05. The van der Waals surface area contributed by atoms with E-state index in [-0.39, 0.29) is 0 Å². The molecule has 0 aliphatic carbocycles. The van der Waals surface area contributed by atoms with Gasteiger partial charge in [0.25, 0.3) is 0 Å². The number of aromatic nitrogens is 1. The van der Waals surface area contributed by atoms with Crippen LogP contribution in [0.25, 0.3) is 10.9 Å². The number of thiophene rings is 1. The highest BCUT2D eigenvalue weighted by molar-refractivity contribution is 9.10. The molecule has 0 bridgehead atoms. The Morgan fingerprint density at radius 2 is 2.15 bits per heavy atom. The number of para-hydroxylation sites is 1. The lowest BCUT2D eigenvalue weighted by molar-refractivity contribution is 0.613. The molecular weight excluding hydrogens is 356 g/mol. The standard InChI is InChI=1S/C15H14BrClN2S/c16-11-7-12(20-10-11)8-18-5-6-19-9-14(17)13-3-1-2-4-15(13)19/h1-4,7,9-10,18H,5-6,8H2. The highest BCUT2D eigenvalue weighted by Crippen LogP contribution is 2.25. The number of hydrogen-bond acceptors (Lipinski definition) is 2. The van der Waals surface area contributed by atoms with Crippen LogP contribution in [0.4, 0.5) is 0 Å². The Labute approximate surface area is 135 Å². The Balaban J connectivity index is 1.60. The van der Waals surface area contributed by atoms with Crippen molar-refractivity contribution in [2.24, 2.45) is 0 Å². The largest absolute Gasteiger partial charge is 0.345 e. The third-order valence-corrected chi connectivity index (χ3v) is 5.19. The van der Waals surface area contributed by atoms with Crippen molar-refractivity contribution in [2.75, 3.05) is 6.54 Å². The Bertz CT molecular complexity index is 720. The van der Waals surface area contributed by atoms with E-state index in [1.165, 1.54) is 10.4 Å². The second-order valence-electron chi connectivity index (χ2n) is 4.60. The minimum Gasteiger partial charge on any atom is -0.345 e. The molecule has 0 radical (unpaired) electrons. The SMILES string of the molecule is Clc1cn(CCNCc2cc(Br)cs2)c2ccccc12. The maximum Gasteiger partial charge on any atom is 0.0661 e. The van der Waals surface area contributed by atoms with Gasteiger partial charge in [-0.3, -0.25) is 0 Å². The van der Waals surface area contributed by atoms with Gasteiger partial charge in [-0.05, 0) is 28.1 Å². The first-order valence-corrected chi connectivity index (χ1v) is 8.46. The summed E-state index contributed by atoms with van der Waals surface area (Å²) in [6, 6.07) is 10.4.